The summed E-state index contributed by atoms with van der Waals surface area (Å²) in [6.07, 6.45) is -4.37. The van der Waals surface area contributed by atoms with Gasteiger partial charge in [-0.2, -0.15) is 13.2 Å². The molecule has 0 saturated carbocycles. The number of rotatable bonds is 5. The zero-order chi connectivity index (χ0) is 24.6. The molecule has 1 aliphatic rings. The second kappa shape index (κ2) is 8.60. The van der Waals surface area contributed by atoms with E-state index in [1.54, 1.807) is 0 Å². The largest absolute Gasteiger partial charge is 0.468 e. The summed E-state index contributed by atoms with van der Waals surface area (Å²) >= 11 is 0. The van der Waals surface area contributed by atoms with Gasteiger partial charge >= 0.3 is 18.1 Å². The normalized spacial score (nSPS) is 15.9. The van der Waals surface area contributed by atoms with Gasteiger partial charge in [0, 0.05) is 19.0 Å². The van der Waals surface area contributed by atoms with Crippen molar-refractivity contribution in [3.8, 4) is 0 Å². The lowest BCUT2D eigenvalue weighted by Crippen LogP contribution is -2.39. The number of benzene rings is 1. The van der Waals surface area contributed by atoms with Gasteiger partial charge in [0.05, 0.1) is 30.4 Å². The highest BCUT2D eigenvalue weighted by Gasteiger charge is 2.54. The van der Waals surface area contributed by atoms with Crippen LogP contribution < -0.4 is 5.14 Å². The molecule has 0 fully saturated rings. The molecular formula is C21H19F3N2O6S. The first-order valence-corrected chi connectivity index (χ1v) is 10.9. The Bertz CT molecular complexity index is 1200. The summed E-state index contributed by atoms with van der Waals surface area (Å²) in [6.45, 7) is 0. The molecule has 3 rings (SSSR count). The van der Waals surface area contributed by atoms with Gasteiger partial charge in [0.25, 0.3) is 0 Å². The molecule has 33 heavy (non-hydrogen) atoms. The van der Waals surface area contributed by atoms with Crippen LogP contribution in [0.5, 0.6) is 0 Å². The van der Waals surface area contributed by atoms with Gasteiger partial charge in [-0.15, -0.1) is 0 Å². The van der Waals surface area contributed by atoms with Crippen molar-refractivity contribution in [1.29, 1.82) is 0 Å². The van der Waals surface area contributed by atoms with Gasteiger partial charge in [0.15, 0.2) is 5.41 Å². The number of ether oxygens (including phenoxy) is 2. The summed E-state index contributed by atoms with van der Waals surface area (Å²) in [6, 6.07) is 7.31. The predicted octanol–water partition coefficient (Wildman–Crippen LogP) is 2.78. The van der Waals surface area contributed by atoms with E-state index in [4.69, 9.17) is 14.6 Å². The first kappa shape index (κ1) is 24.4. The SMILES string of the molecule is COC(=O)C1(C(=O)OC)CC(c2ccc(S(N)(=O)=O)cc2)=C(c2ccc(C(F)(F)F)cn2)C1. The van der Waals surface area contributed by atoms with Gasteiger partial charge in [0.2, 0.25) is 10.0 Å². The molecule has 0 unspecified atom stereocenters. The molecule has 0 atom stereocenters. The standard InChI is InChI=1S/C21H19F3N2O6S/c1-31-18(27)20(19(28)32-2)9-15(12-3-6-14(7-4-12)33(25,29)30)16(10-20)17-8-5-13(11-26-17)21(22,23)24/h3-8,11H,9-10H2,1-2H3,(H2,25,29,30). The summed E-state index contributed by atoms with van der Waals surface area (Å²) in [4.78, 5) is 29.0. The molecule has 8 nitrogen and oxygen atoms in total. The summed E-state index contributed by atoms with van der Waals surface area (Å²) < 4.78 is 71.7. The molecule has 0 bridgehead atoms. The maximum atomic E-state index is 13.0. The summed E-state index contributed by atoms with van der Waals surface area (Å²) in [5.41, 5.74) is -1.48. The third-order valence-corrected chi connectivity index (χ3v) is 6.33. The van der Waals surface area contributed by atoms with E-state index in [-0.39, 0.29) is 23.4 Å². The van der Waals surface area contributed by atoms with E-state index in [1.165, 1.54) is 24.3 Å². The van der Waals surface area contributed by atoms with Crippen LogP contribution in [0.3, 0.4) is 0 Å². The minimum Gasteiger partial charge on any atom is -0.468 e. The number of allylic oxidation sites excluding steroid dienone is 2. The van der Waals surface area contributed by atoms with Crippen LogP contribution in [-0.2, 0) is 35.3 Å². The molecule has 0 radical (unpaired) electrons. The van der Waals surface area contributed by atoms with Crippen molar-refractivity contribution in [1.82, 2.24) is 4.98 Å². The second-order valence-electron chi connectivity index (χ2n) is 7.38. The van der Waals surface area contributed by atoms with Gasteiger partial charge in [0.1, 0.15) is 0 Å². The van der Waals surface area contributed by atoms with Gasteiger partial charge < -0.3 is 9.47 Å². The number of primary sulfonamides is 1. The van der Waals surface area contributed by atoms with Crippen LogP contribution >= 0.6 is 0 Å². The first-order valence-electron chi connectivity index (χ1n) is 9.39. The van der Waals surface area contributed by atoms with Crippen molar-refractivity contribution in [2.24, 2.45) is 10.6 Å². The number of sulfonamides is 1. The molecule has 1 aromatic heterocycles. The fourth-order valence-corrected chi connectivity index (χ4v) is 4.26. The van der Waals surface area contributed by atoms with Gasteiger partial charge in [-0.25, -0.2) is 13.6 Å². The fourth-order valence-electron chi connectivity index (χ4n) is 3.75. The molecular weight excluding hydrogens is 465 g/mol. The number of esters is 2. The van der Waals surface area contributed by atoms with E-state index in [0.717, 1.165) is 26.4 Å². The monoisotopic (exact) mass is 484 g/mol. The summed E-state index contributed by atoms with van der Waals surface area (Å²) in [7, 11) is -1.77. The minimum atomic E-state index is -4.59. The Morgan fingerprint density at radius 1 is 0.970 bits per heavy atom. The molecule has 2 aromatic rings. The van der Waals surface area contributed by atoms with Crippen LogP contribution in [0.25, 0.3) is 11.1 Å². The number of hydrogen-bond donors (Lipinski definition) is 1. The van der Waals surface area contributed by atoms with Crippen LogP contribution in [-0.4, -0.2) is 39.6 Å². The van der Waals surface area contributed by atoms with Crippen molar-refractivity contribution < 1.29 is 40.7 Å². The highest BCUT2D eigenvalue weighted by atomic mass is 32.2. The number of hydrogen-bond acceptors (Lipinski definition) is 7. The molecule has 0 amide bonds. The average molecular weight is 484 g/mol. The smallest absolute Gasteiger partial charge is 0.417 e. The Labute approximate surface area is 187 Å². The van der Waals surface area contributed by atoms with Crippen molar-refractivity contribution in [2.75, 3.05) is 14.2 Å². The fraction of sp³-hybridized carbons (Fsp3) is 0.286. The number of carbonyl (C=O) groups excluding carboxylic acids is 2. The number of nitrogens with two attached hydrogens (primary N) is 1. The minimum absolute atomic E-state index is 0.114. The number of aromatic nitrogens is 1. The highest BCUT2D eigenvalue weighted by Crippen LogP contribution is 2.51. The molecule has 1 heterocycles. The van der Waals surface area contributed by atoms with Gasteiger partial charge in [-0.05, 0) is 41.0 Å². The molecule has 1 aromatic carbocycles. The predicted molar refractivity (Wildman–Crippen MR) is 110 cm³/mol. The number of methoxy groups -OCH3 is 2. The first-order chi connectivity index (χ1) is 15.3. The lowest BCUT2D eigenvalue weighted by molar-refractivity contribution is -0.168. The van der Waals surface area contributed by atoms with Crippen molar-refractivity contribution in [3.63, 3.8) is 0 Å². The van der Waals surface area contributed by atoms with E-state index < -0.39 is 39.1 Å². The van der Waals surface area contributed by atoms with E-state index in [1.807, 2.05) is 0 Å². The van der Waals surface area contributed by atoms with E-state index in [9.17, 15) is 31.2 Å². The van der Waals surface area contributed by atoms with Crippen LogP contribution in [0, 0.1) is 5.41 Å². The Kier molecular flexibility index (Phi) is 6.35. The molecule has 12 heteroatoms. The molecule has 0 saturated heterocycles. The molecule has 2 N–H and O–H groups in total. The maximum absolute atomic E-state index is 13.0. The average Bonchev–Trinajstić information content (AvgIpc) is 3.19. The van der Waals surface area contributed by atoms with E-state index in [0.29, 0.717) is 22.9 Å². The number of carbonyl (C=O) groups is 2. The summed E-state index contributed by atoms with van der Waals surface area (Å²) in [5, 5.41) is 5.12. The van der Waals surface area contributed by atoms with Crippen LogP contribution in [0.15, 0.2) is 47.5 Å². The Morgan fingerprint density at radius 3 is 1.94 bits per heavy atom. The molecule has 1 aliphatic carbocycles. The van der Waals surface area contributed by atoms with E-state index in [2.05, 4.69) is 4.98 Å². The Hall–Kier alpha value is -3.25. The van der Waals surface area contributed by atoms with Crippen molar-refractivity contribution in [3.05, 3.63) is 59.4 Å². The molecule has 0 aliphatic heterocycles. The third-order valence-electron chi connectivity index (χ3n) is 5.40. The second-order valence-corrected chi connectivity index (χ2v) is 8.94. The van der Waals surface area contributed by atoms with Crippen LogP contribution in [0.4, 0.5) is 13.2 Å². The third kappa shape index (κ3) is 4.62. The Balaban J connectivity index is 2.17. The molecule has 0 spiro atoms. The number of halogens is 3. The van der Waals surface area contributed by atoms with E-state index >= 15 is 0 Å². The number of nitrogens with zero attached hydrogens (tertiary/aromatic N) is 1. The topological polar surface area (TPSA) is 126 Å². The van der Waals surface area contributed by atoms with Gasteiger partial charge in [-0.3, -0.25) is 14.6 Å². The van der Waals surface area contributed by atoms with Crippen molar-refractivity contribution >= 4 is 33.1 Å². The van der Waals surface area contributed by atoms with Crippen LogP contribution in [0.1, 0.15) is 29.7 Å². The van der Waals surface area contributed by atoms with Gasteiger partial charge in [-0.1, -0.05) is 12.1 Å². The maximum Gasteiger partial charge on any atom is 0.417 e. The molecule has 176 valence electrons. The Morgan fingerprint density at radius 2 is 1.52 bits per heavy atom. The quantitative estimate of drug-likeness (QED) is 0.511. The number of pyridine rings is 1. The lowest BCUT2D eigenvalue weighted by Gasteiger charge is -2.23. The number of alkyl halides is 3. The zero-order valence-corrected chi connectivity index (χ0v) is 18.3. The summed E-state index contributed by atoms with van der Waals surface area (Å²) in [5.74, 6) is -1.76. The zero-order valence-electron chi connectivity index (χ0n) is 17.5. The highest BCUT2D eigenvalue weighted by molar-refractivity contribution is 7.89. The van der Waals surface area contributed by atoms with Crippen molar-refractivity contribution in [2.45, 2.75) is 23.9 Å². The van der Waals surface area contributed by atoms with Crippen LogP contribution in [0.2, 0.25) is 0 Å². The lowest BCUT2D eigenvalue weighted by atomic mass is 9.83.